The van der Waals surface area contributed by atoms with Gasteiger partial charge < -0.3 is 9.88 Å². The fourth-order valence-corrected chi connectivity index (χ4v) is 5.70. The van der Waals surface area contributed by atoms with Crippen molar-refractivity contribution in [3.63, 3.8) is 0 Å². The Labute approximate surface area is 192 Å². The molecule has 0 saturated heterocycles. The van der Waals surface area contributed by atoms with Gasteiger partial charge in [-0.3, -0.25) is 4.79 Å². The maximum Gasteiger partial charge on any atom is 0.233 e. The number of carbonyl (C=O) groups is 1. The Bertz CT molecular complexity index is 976. The third kappa shape index (κ3) is 5.77. The van der Waals surface area contributed by atoms with Crippen molar-refractivity contribution in [1.29, 1.82) is 0 Å². The minimum absolute atomic E-state index is 0.0311. The van der Waals surface area contributed by atoms with E-state index >= 15 is 0 Å². The van der Waals surface area contributed by atoms with Gasteiger partial charge in [0.1, 0.15) is 5.82 Å². The monoisotopic (exact) mass is 454 g/mol. The number of nitrogens with zero attached hydrogens (tertiary/aromatic N) is 3. The molecule has 1 amide bonds. The second-order valence-corrected chi connectivity index (χ2v) is 10.6. The molecule has 3 aromatic rings. The Morgan fingerprint density at radius 2 is 1.97 bits per heavy atom. The van der Waals surface area contributed by atoms with Gasteiger partial charge in [-0.25, -0.2) is 0 Å². The van der Waals surface area contributed by atoms with Crippen molar-refractivity contribution in [2.75, 3.05) is 0 Å². The average molecular weight is 455 g/mol. The molecular weight excluding hydrogens is 424 g/mol. The molecule has 0 radical (unpaired) electrons. The minimum atomic E-state index is -0.230. The van der Waals surface area contributed by atoms with Gasteiger partial charge in [-0.1, -0.05) is 66.9 Å². The molecule has 31 heavy (non-hydrogen) atoms. The van der Waals surface area contributed by atoms with Crippen LogP contribution >= 0.6 is 23.1 Å². The molecule has 2 heterocycles. The lowest BCUT2D eigenvalue weighted by molar-refractivity contribution is -0.120. The number of benzene rings is 1. The molecule has 1 aliphatic rings. The molecule has 164 valence electrons. The van der Waals surface area contributed by atoms with E-state index in [2.05, 4.69) is 68.8 Å². The average Bonchev–Trinajstić information content (AvgIpc) is 3.44. The summed E-state index contributed by atoms with van der Waals surface area (Å²) in [6.45, 7) is 4.56. The van der Waals surface area contributed by atoms with E-state index in [1.807, 2.05) is 6.92 Å². The minimum Gasteiger partial charge on any atom is -0.351 e. The van der Waals surface area contributed by atoms with Crippen LogP contribution in [0, 0.1) is 6.92 Å². The van der Waals surface area contributed by atoms with Gasteiger partial charge in [0, 0.05) is 23.9 Å². The van der Waals surface area contributed by atoms with E-state index in [4.69, 9.17) is 0 Å². The van der Waals surface area contributed by atoms with Crippen LogP contribution in [0.1, 0.15) is 66.9 Å². The highest BCUT2D eigenvalue weighted by Gasteiger charge is 2.26. The molecule has 0 aliphatic heterocycles. The smallest absolute Gasteiger partial charge is 0.233 e. The van der Waals surface area contributed by atoms with Gasteiger partial charge in [-0.15, -0.1) is 21.5 Å². The summed E-state index contributed by atoms with van der Waals surface area (Å²) in [5.41, 5.74) is 2.33. The zero-order valence-electron chi connectivity index (χ0n) is 18.2. The van der Waals surface area contributed by atoms with E-state index in [0.717, 1.165) is 35.8 Å². The SMILES string of the molecule is Cc1ccc(CNC(=O)C(C)Sc2nnc(Cc3cccs3)n2C2CCCCC2)cc1. The molecule has 0 spiro atoms. The first-order chi connectivity index (χ1) is 15.1. The predicted molar refractivity (Wildman–Crippen MR) is 128 cm³/mol. The first-order valence-corrected chi connectivity index (χ1v) is 12.8. The van der Waals surface area contributed by atoms with Crippen molar-refractivity contribution in [1.82, 2.24) is 20.1 Å². The fraction of sp³-hybridized carbons (Fsp3) is 0.458. The standard InChI is InChI=1S/C24H30N4OS2/c1-17-10-12-19(13-11-17)16-25-23(29)18(2)31-24-27-26-22(15-21-9-6-14-30-21)28(24)20-7-4-3-5-8-20/h6,9-14,18,20H,3-5,7-8,15-16H2,1-2H3,(H,25,29). The predicted octanol–water partition coefficient (Wildman–Crippen LogP) is 5.54. The van der Waals surface area contributed by atoms with Crippen molar-refractivity contribution >= 4 is 29.0 Å². The van der Waals surface area contributed by atoms with Gasteiger partial charge in [0.25, 0.3) is 0 Å². The van der Waals surface area contributed by atoms with E-state index < -0.39 is 0 Å². The number of aryl methyl sites for hydroxylation is 1. The van der Waals surface area contributed by atoms with Crippen LogP contribution in [-0.2, 0) is 17.8 Å². The molecule has 1 aliphatic carbocycles. The second-order valence-electron chi connectivity index (χ2n) is 8.28. The van der Waals surface area contributed by atoms with Gasteiger partial charge in [0.05, 0.1) is 5.25 Å². The first-order valence-electron chi connectivity index (χ1n) is 11.1. The maximum absolute atomic E-state index is 12.8. The number of carbonyl (C=O) groups excluding carboxylic acids is 1. The third-order valence-electron chi connectivity index (χ3n) is 5.83. The third-order valence-corrected chi connectivity index (χ3v) is 7.76. The van der Waals surface area contributed by atoms with Crippen molar-refractivity contribution < 1.29 is 4.79 Å². The van der Waals surface area contributed by atoms with Crippen LogP contribution in [0.3, 0.4) is 0 Å². The molecule has 1 unspecified atom stereocenters. The van der Waals surface area contributed by atoms with Crippen LogP contribution in [-0.4, -0.2) is 25.9 Å². The van der Waals surface area contributed by atoms with Crippen LogP contribution in [0.4, 0.5) is 0 Å². The summed E-state index contributed by atoms with van der Waals surface area (Å²) in [5, 5.41) is 14.9. The van der Waals surface area contributed by atoms with Crippen molar-refractivity contribution in [2.24, 2.45) is 0 Å². The number of hydrogen-bond acceptors (Lipinski definition) is 5. The second kappa shape index (κ2) is 10.5. The number of thioether (sulfide) groups is 1. The lowest BCUT2D eigenvalue weighted by Gasteiger charge is -2.26. The quantitative estimate of drug-likeness (QED) is 0.454. The molecule has 1 N–H and O–H groups in total. The Morgan fingerprint density at radius 3 is 2.68 bits per heavy atom. The molecule has 1 aromatic carbocycles. The molecular formula is C24H30N4OS2. The zero-order chi connectivity index (χ0) is 21.6. The van der Waals surface area contributed by atoms with Crippen molar-refractivity contribution in [3.05, 3.63) is 63.6 Å². The van der Waals surface area contributed by atoms with Crippen LogP contribution in [0.5, 0.6) is 0 Å². The molecule has 1 saturated carbocycles. The molecule has 5 nitrogen and oxygen atoms in total. The summed E-state index contributed by atoms with van der Waals surface area (Å²) in [6, 6.07) is 12.9. The largest absolute Gasteiger partial charge is 0.351 e. The van der Waals surface area contributed by atoms with Crippen LogP contribution in [0.25, 0.3) is 0 Å². The lowest BCUT2D eigenvalue weighted by atomic mass is 9.95. The van der Waals surface area contributed by atoms with Crippen LogP contribution < -0.4 is 5.32 Å². The van der Waals surface area contributed by atoms with E-state index in [9.17, 15) is 4.79 Å². The van der Waals surface area contributed by atoms with Gasteiger partial charge >= 0.3 is 0 Å². The van der Waals surface area contributed by atoms with Gasteiger partial charge in [0.15, 0.2) is 5.16 Å². The summed E-state index contributed by atoms with van der Waals surface area (Å²) in [7, 11) is 0. The summed E-state index contributed by atoms with van der Waals surface area (Å²) in [6.07, 6.45) is 6.93. The molecule has 1 fully saturated rings. The van der Waals surface area contributed by atoms with E-state index in [1.165, 1.54) is 41.5 Å². The number of rotatable bonds is 8. The first kappa shape index (κ1) is 22.1. The molecule has 2 aromatic heterocycles. The lowest BCUT2D eigenvalue weighted by Crippen LogP contribution is -2.30. The summed E-state index contributed by atoms with van der Waals surface area (Å²) in [4.78, 5) is 14.0. The van der Waals surface area contributed by atoms with Gasteiger partial charge in [-0.2, -0.15) is 0 Å². The summed E-state index contributed by atoms with van der Waals surface area (Å²) < 4.78 is 2.33. The molecule has 4 rings (SSSR count). The fourth-order valence-electron chi connectivity index (χ4n) is 4.03. The highest BCUT2D eigenvalue weighted by Crippen LogP contribution is 2.34. The summed E-state index contributed by atoms with van der Waals surface area (Å²) in [5.74, 6) is 1.05. The number of aromatic nitrogens is 3. The highest BCUT2D eigenvalue weighted by atomic mass is 32.2. The van der Waals surface area contributed by atoms with E-state index in [0.29, 0.717) is 12.6 Å². The highest BCUT2D eigenvalue weighted by molar-refractivity contribution is 8.00. The number of nitrogens with one attached hydrogen (secondary N) is 1. The summed E-state index contributed by atoms with van der Waals surface area (Å²) >= 11 is 3.28. The normalized spacial score (nSPS) is 15.7. The topological polar surface area (TPSA) is 59.8 Å². The van der Waals surface area contributed by atoms with Crippen LogP contribution in [0.2, 0.25) is 0 Å². The molecule has 0 bridgehead atoms. The van der Waals surface area contributed by atoms with E-state index in [-0.39, 0.29) is 11.2 Å². The molecule has 1 atom stereocenters. The zero-order valence-corrected chi connectivity index (χ0v) is 19.8. The van der Waals surface area contributed by atoms with Gasteiger partial charge in [0.2, 0.25) is 5.91 Å². The Morgan fingerprint density at radius 1 is 1.19 bits per heavy atom. The number of amides is 1. The Kier molecular flexibility index (Phi) is 7.45. The Balaban J connectivity index is 1.45. The van der Waals surface area contributed by atoms with Gasteiger partial charge in [-0.05, 0) is 43.7 Å². The Hall–Kier alpha value is -2.12. The number of hydrogen-bond donors (Lipinski definition) is 1. The number of thiophene rings is 1. The van der Waals surface area contributed by atoms with Crippen molar-refractivity contribution in [3.8, 4) is 0 Å². The molecule has 7 heteroatoms. The maximum atomic E-state index is 12.8. The van der Waals surface area contributed by atoms with Crippen LogP contribution in [0.15, 0.2) is 46.9 Å². The van der Waals surface area contributed by atoms with Crippen molar-refractivity contribution in [2.45, 2.75) is 75.4 Å². The van der Waals surface area contributed by atoms with E-state index in [1.54, 1.807) is 11.3 Å².